The van der Waals surface area contributed by atoms with Gasteiger partial charge in [0.25, 0.3) is 0 Å². The quantitative estimate of drug-likeness (QED) is 0.490. The number of amides is 2. The number of nitrogens with zero attached hydrogens (tertiary/aromatic N) is 1. The normalized spacial score (nSPS) is 12.1. The molecule has 3 N–H and O–H groups in total. The van der Waals surface area contributed by atoms with Gasteiger partial charge in [-0.1, -0.05) is 12.1 Å². The maximum absolute atomic E-state index is 12.2. The second kappa shape index (κ2) is 6.62. The van der Waals surface area contributed by atoms with Crippen molar-refractivity contribution in [3.8, 4) is 22.9 Å². The van der Waals surface area contributed by atoms with Crippen LogP contribution in [-0.2, 0) is 0 Å². The molecule has 3 aromatic carbocycles. The highest BCUT2D eigenvalue weighted by molar-refractivity contribution is 6.00. The van der Waals surface area contributed by atoms with E-state index < -0.39 is 0 Å². The minimum Gasteiger partial charge on any atom is -0.454 e. The van der Waals surface area contributed by atoms with Crippen molar-refractivity contribution in [3.05, 3.63) is 66.7 Å². The first-order valence-electron chi connectivity index (χ1n) is 8.77. The molecule has 1 aliphatic rings. The van der Waals surface area contributed by atoms with Crippen molar-refractivity contribution in [3.63, 3.8) is 0 Å². The summed E-state index contributed by atoms with van der Waals surface area (Å²) in [4.78, 5) is 20.1. The van der Waals surface area contributed by atoms with Crippen LogP contribution in [0.3, 0.4) is 0 Å². The van der Waals surface area contributed by atoms with E-state index in [9.17, 15) is 4.79 Å². The SMILES string of the molecule is O=C(Nc1ccc(-c2nc3ccccc3[nH]2)cc1)Nc1ccc2c(c1)OCO2. The summed E-state index contributed by atoms with van der Waals surface area (Å²) in [6, 6.07) is 20.3. The summed E-state index contributed by atoms with van der Waals surface area (Å²) >= 11 is 0. The predicted octanol–water partition coefficient (Wildman–Crippen LogP) is 4.60. The number of hydrogen-bond donors (Lipinski definition) is 3. The first-order chi connectivity index (χ1) is 13.7. The number of fused-ring (bicyclic) bond motifs is 2. The van der Waals surface area contributed by atoms with Crippen molar-refractivity contribution in [2.24, 2.45) is 0 Å². The van der Waals surface area contributed by atoms with Crippen molar-refractivity contribution in [1.82, 2.24) is 9.97 Å². The fourth-order valence-corrected chi connectivity index (χ4v) is 3.07. The van der Waals surface area contributed by atoms with Crippen LogP contribution in [0, 0.1) is 0 Å². The van der Waals surface area contributed by atoms with Gasteiger partial charge >= 0.3 is 6.03 Å². The molecule has 138 valence electrons. The standard InChI is InChI=1S/C21H16N4O3/c26-21(23-15-9-10-18-19(11-15)28-12-27-18)22-14-7-5-13(6-8-14)20-24-16-3-1-2-4-17(16)25-20/h1-11H,12H2,(H,24,25)(H2,22,23,26). The molecule has 0 aliphatic carbocycles. The number of carbonyl (C=O) groups is 1. The lowest BCUT2D eigenvalue weighted by Gasteiger charge is -2.08. The lowest BCUT2D eigenvalue weighted by atomic mass is 10.2. The van der Waals surface area contributed by atoms with Crippen LogP contribution in [0.5, 0.6) is 11.5 Å². The molecular formula is C21H16N4O3. The second-order valence-electron chi connectivity index (χ2n) is 6.33. The molecule has 0 spiro atoms. The lowest BCUT2D eigenvalue weighted by molar-refractivity contribution is 0.174. The van der Waals surface area contributed by atoms with E-state index in [1.807, 2.05) is 48.5 Å². The van der Waals surface area contributed by atoms with E-state index in [0.717, 1.165) is 22.4 Å². The number of para-hydroxylation sites is 2. The summed E-state index contributed by atoms with van der Waals surface area (Å²) in [5.74, 6) is 2.08. The fraction of sp³-hybridized carbons (Fsp3) is 0.0476. The third-order valence-electron chi connectivity index (χ3n) is 4.44. The van der Waals surface area contributed by atoms with Crippen LogP contribution in [0.25, 0.3) is 22.4 Å². The van der Waals surface area contributed by atoms with Gasteiger partial charge in [0.05, 0.1) is 11.0 Å². The van der Waals surface area contributed by atoms with Gasteiger partial charge in [0.15, 0.2) is 11.5 Å². The number of rotatable bonds is 3. The maximum atomic E-state index is 12.2. The number of nitrogens with one attached hydrogen (secondary N) is 3. The van der Waals surface area contributed by atoms with Gasteiger partial charge in [0.2, 0.25) is 6.79 Å². The number of carbonyl (C=O) groups excluding carboxylic acids is 1. The van der Waals surface area contributed by atoms with Crippen LogP contribution >= 0.6 is 0 Å². The topological polar surface area (TPSA) is 88.3 Å². The van der Waals surface area contributed by atoms with Crippen LogP contribution in [0.1, 0.15) is 0 Å². The van der Waals surface area contributed by atoms with Crippen LogP contribution in [0.15, 0.2) is 66.7 Å². The van der Waals surface area contributed by atoms with E-state index >= 15 is 0 Å². The molecule has 0 radical (unpaired) electrons. The second-order valence-corrected chi connectivity index (χ2v) is 6.33. The molecule has 2 heterocycles. The van der Waals surface area contributed by atoms with Gasteiger partial charge < -0.3 is 25.1 Å². The van der Waals surface area contributed by atoms with E-state index in [1.54, 1.807) is 18.2 Å². The molecule has 0 bridgehead atoms. The third kappa shape index (κ3) is 3.09. The number of imidazole rings is 1. The molecule has 1 aromatic heterocycles. The van der Waals surface area contributed by atoms with Gasteiger partial charge in [-0.15, -0.1) is 0 Å². The molecule has 0 saturated heterocycles. The van der Waals surface area contributed by atoms with Crippen molar-refractivity contribution >= 4 is 28.4 Å². The van der Waals surface area contributed by atoms with Crippen molar-refractivity contribution in [1.29, 1.82) is 0 Å². The minimum absolute atomic E-state index is 0.197. The Morgan fingerprint density at radius 1 is 0.893 bits per heavy atom. The molecule has 0 saturated carbocycles. The number of aromatic amines is 1. The summed E-state index contributed by atoms with van der Waals surface area (Å²) in [7, 11) is 0. The van der Waals surface area contributed by atoms with Crippen molar-refractivity contribution in [2.75, 3.05) is 17.4 Å². The average Bonchev–Trinajstić information content (AvgIpc) is 3.34. The Labute approximate surface area is 160 Å². The lowest BCUT2D eigenvalue weighted by Crippen LogP contribution is -2.19. The Bertz CT molecular complexity index is 1130. The highest BCUT2D eigenvalue weighted by atomic mass is 16.7. The van der Waals surface area contributed by atoms with E-state index in [0.29, 0.717) is 22.9 Å². The zero-order chi connectivity index (χ0) is 18.9. The Morgan fingerprint density at radius 3 is 2.50 bits per heavy atom. The number of ether oxygens (including phenoxy) is 2. The molecule has 7 heteroatoms. The van der Waals surface area contributed by atoms with Gasteiger partial charge in [-0.2, -0.15) is 0 Å². The molecule has 2 amide bonds. The predicted molar refractivity (Wildman–Crippen MR) is 107 cm³/mol. The van der Waals surface area contributed by atoms with Gasteiger partial charge in [0.1, 0.15) is 5.82 Å². The third-order valence-corrected chi connectivity index (χ3v) is 4.44. The molecule has 4 aromatic rings. The first kappa shape index (κ1) is 16.2. The van der Waals surface area contributed by atoms with Crippen LogP contribution < -0.4 is 20.1 Å². The molecule has 0 unspecified atom stereocenters. The summed E-state index contributed by atoms with van der Waals surface area (Å²) in [6.45, 7) is 0.197. The summed E-state index contributed by atoms with van der Waals surface area (Å²) in [5, 5.41) is 5.59. The molecular weight excluding hydrogens is 356 g/mol. The molecule has 0 fully saturated rings. The van der Waals surface area contributed by atoms with E-state index in [4.69, 9.17) is 9.47 Å². The number of hydrogen-bond acceptors (Lipinski definition) is 4. The van der Waals surface area contributed by atoms with Gasteiger partial charge in [-0.25, -0.2) is 9.78 Å². The fourth-order valence-electron chi connectivity index (χ4n) is 3.07. The molecule has 1 aliphatic heterocycles. The Balaban J connectivity index is 1.27. The molecule has 28 heavy (non-hydrogen) atoms. The highest BCUT2D eigenvalue weighted by Gasteiger charge is 2.14. The van der Waals surface area contributed by atoms with Crippen molar-refractivity contribution in [2.45, 2.75) is 0 Å². The number of benzene rings is 3. The van der Waals surface area contributed by atoms with Gasteiger partial charge in [-0.05, 0) is 48.5 Å². The van der Waals surface area contributed by atoms with E-state index in [2.05, 4.69) is 20.6 Å². The molecule has 5 rings (SSSR count). The smallest absolute Gasteiger partial charge is 0.323 e. The maximum Gasteiger partial charge on any atom is 0.323 e. The average molecular weight is 372 g/mol. The summed E-state index contributed by atoms with van der Waals surface area (Å²) in [6.07, 6.45) is 0. The number of anilines is 2. The van der Waals surface area contributed by atoms with Crippen LogP contribution in [0.2, 0.25) is 0 Å². The number of urea groups is 1. The van der Waals surface area contributed by atoms with E-state index in [1.165, 1.54) is 0 Å². The summed E-state index contributed by atoms with van der Waals surface area (Å²) in [5.41, 5.74) is 4.15. The van der Waals surface area contributed by atoms with Gasteiger partial charge in [0, 0.05) is 23.0 Å². The largest absolute Gasteiger partial charge is 0.454 e. The Hall–Kier alpha value is -4.00. The van der Waals surface area contributed by atoms with Gasteiger partial charge in [-0.3, -0.25) is 0 Å². The summed E-state index contributed by atoms with van der Waals surface area (Å²) < 4.78 is 10.6. The zero-order valence-corrected chi connectivity index (χ0v) is 14.7. The zero-order valence-electron chi connectivity index (χ0n) is 14.7. The van der Waals surface area contributed by atoms with Crippen LogP contribution in [-0.4, -0.2) is 22.8 Å². The number of aromatic nitrogens is 2. The first-order valence-corrected chi connectivity index (χ1v) is 8.77. The molecule has 0 atom stereocenters. The molecule has 7 nitrogen and oxygen atoms in total. The minimum atomic E-state index is -0.338. The van der Waals surface area contributed by atoms with Crippen LogP contribution in [0.4, 0.5) is 16.2 Å². The van der Waals surface area contributed by atoms with Crippen molar-refractivity contribution < 1.29 is 14.3 Å². The number of H-pyrrole nitrogens is 1. The highest BCUT2D eigenvalue weighted by Crippen LogP contribution is 2.34. The Morgan fingerprint density at radius 2 is 1.64 bits per heavy atom. The van der Waals surface area contributed by atoms with E-state index in [-0.39, 0.29) is 12.8 Å². The Kier molecular flexibility index (Phi) is 3.83. The monoisotopic (exact) mass is 372 g/mol.